The first-order chi connectivity index (χ1) is 12.7. The molecule has 1 N–H and O–H groups in total. The van der Waals surface area contributed by atoms with Crippen molar-refractivity contribution in [2.75, 3.05) is 7.11 Å². The first kappa shape index (κ1) is 15.4. The van der Waals surface area contributed by atoms with E-state index < -0.39 is 0 Å². The molecule has 132 valence electrons. The second-order valence-electron chi connectivity index (χ2n) is 7.25. The Balaban J connectivity index is 1.68. The number of para-hydroxylation sites is 1. The van der Waals surface area contributed by atoms with Gasteiger partial charge in [-0.25, -0.2) is 9.36 Å². The summed E-state index contributed by atoms with van der Waals surface area (Å²) in [6, 6.07) is 10.5. The molecule has 2 aliphatic rings. The van der Waals surface area contributed by atoms with Crippen LogP contribution in [-0.4, -0.2) is 24.2 Å². The van der Waals surface area contributed by atoms with Gasteiger partial charge >= 0.3 is 5.97 Å². The number of ether oxygens (including phenoxy) is 2. The first-order valence-corrected chi connectivity index (χ1v) is 9.03. The summed E-state index contributed by atoms with van der Waals surface area (Å²) < 4.78 is 13.0. The molecule has 2 aliphatic heterocycles. The van der Waals surface area contributed by atoms with Gasteiger partial charge in [0.2, 0.25) is 5.69 Å². The summed E-state index contributed by atoms with van der Waals surface area (Å²) >= 11 is 0. The number of hydrogen-bond donors (Lipinski definition) is 1. The van der Waals surface area contributed by atoms with Crippen molar-refractivity contribution in [3.63, 3.8) is 0 Å². The summed E-state index contributed by atoms with van der Waals surface area (Å²) in [6.45, 7) is 2.91. The molecule has 5 rings (SSSR count). The van der Waals surface area contributed by atoms with Crippen LogP contribution in [0.4, 0.5) is 0 Å². The van der Waals surface area contributed by atoms with Gasteiger partial charge in [0, 0.05) is 34.7 Å². The number of aromatic nitrogens is 2. The zero-order valence-corrected chi connectivity index (χ0v) is 14.9. The molecule has 1 aromatic carbocycles. The summed E-state index contributed by atoms with van der Waals surface area (Å²) in [6.07, 6.45) is 4.64. The number of H-pyrrole nitrogens is 1. The number of esters is 1. The SMILES string of the molecule is COC(=O)C1=CO[C@@H](C)[C@H]2C[n+]3ccc4c([nH]c5ccccc54)c3C[C@@H]12. The molecule has 0 radical (unpaired) electrons. The molecule has 3 atom stereocenters. The van der Waals surface area contributed by atoms with E-state index in [1.165, 1.54) is 23.6 Å². The molecule has 0 saturated heterocycles. The van der Waals surface area contributed by atoms with Crippen LogP contribution in [0.1, 0.15) is 12.6 Å². The Bertz CT molecular complexity index is 1070. The van der Waals surface area contributed by atoms with Crippen molar-refractivity contribution in [1.82, 2.24) is 4.98 Å². The first-order valence-electron chi connectivity index (χ1n) is 9.03. The average molecular weight is 349 g/mol. The van der Waals surface area contributed by atoms with Crippen molar-refractivity contribution < 1.29 is 18.8 Å². The molecule has 2 aromatic heterocycles. The minimum absolute atomic E-state index is 0.0764. The van der Waals surface area contributed by atoms with Crippen LogP contribution in [0.3, 0.4) is 0 Å². The number of nitrogens with one attached hydrogen (secondary N) is 1. The molecule has 4 heterocycles. The number of aromatic amines is 1. The molecular formula is C21H21N2O3+. The third-order valence-electron chi connectivity index (χ3n) is 5.97. The van der Waals surface area contributed by atoms with Crippen molar-refractivity contribution in [2.45, 2.75) is 26.0 Å². The summed E-state index contributed by atoms with van der Waals surface area (Å²) in [4.78, 5) is 15.8. The Hall–Kier alpha value is -2.82. The third kappa shape index (κ3) is 2.09. The molecule has 0 amide bonds. The van der Waals surface area contributed by atoms with Crippen LogP contribution < -0.4 is 4.57 Å². The molecule has 0 bridgehead atoms. The van der Waals surface area contributed by atoms with Gasteiger partial charge in [0.25, 0.3) is 0 Å². The van der Waals surface area contributed by atoms with Gasteiger partial charge in [0.15, 0.2) is 12.7 Å². The van der Waals surface area contributed by atoms with Crippen LogP contribution in [0.5, 0.6) is 0 Å². The summed E-state index contributed by atoms with van der Waals surface area (Å²) in [5, 5.41) is 2.46. The van der Waals surface area contributed by atoms with Gasteiger partial charge in [-0.3, -0.25) is 0 Å². The Morgan fingerprint density at radius 1 is 1.27 bits per heavy atom. The largest absolute Gasteiger partial charge is 0.497 e. The van der Waals surface area contributed by atoms with E-state index in [-0.39, 0.29) is 23.9 Å². The van der Waals surface area contributed by atoms with Gasteiger partial charge in [-0.15, -0.1) is 0 Å². The standard InChI is InChI=1S/C21H20N2O3/c1-12-16-10-23-8-7-14-13-5-3-4-6-18(13)22-20(14)19(23)9-15(16)17(11-26-12)21(24)25-2/h3-8,11-12,15-16H,9-10H2,1-2H3/p+1/t12-,15+,16+/m0/s1. The van der Waals surface area contributed by atoms with Crippen molar-refractivity contribution in [2.24, 2.45) is 11.8 Å². The molecule has 0 spiro atoms. The number of fused-ring (bicyclic) bond motifs is 6. The molecule has 5 heteroatoms. The van der Waals surface area contributed by atoms with Crippen molar-refractivity contribution in [3.8, 4) is 0 Å². The molecule has 3 aromatic rings. The number of pyridine rings is 1. The van der Waals surface area contributed by atoms with E-state index in [4.69, 9.17) is 9.47 Å². The molecule has 0 aliphatic carbocycles. The molecule has 0 fully saturated rings. The molecule has 0 saturated carbocycles. The van der Waals surface area contributed by atoms with E-state index in [0.717, 1.165) is 24.0 Å². The predicted octanol–water partition coefficient (Wildman–Crippen LogP) is 2.87. The lowest BCUT2D eigenvalue weighted by molar-refractivity contribution is -0.717. The highest BCUT2D eigenvalue weighted by molar-refractivity contribution is 6.07. The number of rotatable bonds is 1. The quantitative estimate of drug-likeness (QED) is 0.543. The van der Waals surface area contributed by atoms with Gasteiger partial charge in [-0.05, 0) is 13.0 Å². The lowest BCUT2D eigenvalue weighted by Gasteiger charge is -2.36. The number of carbonyl (C=O) groups excluding carboxylic acids is 1. The Morgan fingerprint density at radius 2 is 2.12 bits per heavy atom. The van der Waals surface area contributed by atoms with Crippen LogP contribution in [0.2, 0.25) is 0 Å². The minimum atomic E-state index is -0.288. The van der Waals surface area contributed by atoms with E-state index in [1.807, 2.05) is 6.07 Å². The van der Waals surface area contributed by atoms with Gasteiger partial charge < -0.3 is 14.5 Å². The van der Waals surface area contributed by atoms with E-state index in [0.29, 0.717) is 5.57 Å². The van der Waals surface area contributed by atoms with Crippen LogP contribution in [0, 0.1) is 11.8 Å². The van der Waals surface area contributed by atoms with E-state index in [9.17, 15) is 4.79 Å². The predicted molar refractivity (Wildman–Crippen MR) is 97.3 cm³/mol. The van der Waals surface area contributed by atoms with E-state index in [1.54, 1.807) is 6.26 Å². The number of hydrogen-bond acceptors (Lipinski definition) is 3. The monoisotopic (exact) mass is 349 g/mol. The fraction of sp³-hybridized carbons (Fsp3) is 0.333. The Kier molecular flexibility index (Phi) is 3.32. The summed E-state index contributed by atoms with van der Waals surface area (Å²) in [5.74, 6) is 0.0841. The van der Waals surface area contributed by atoms with Crippen molar-refractivity contribution in [3.05, 3.63) is 54.1 Å². The number of carbonyl (C=O) groups is 1. The maximum Gasteiger partial charge on any atom is 0.337 e. The Morgan fingerprint density at radius 3 is 2.96 bits per heavy atom. The van der Waals surface area contributed by atoms with Crippen LogP contribution in [0.15, 0.2) is 48.4 Å². The minimum Gasteiger partial charge on any atom is -0.497 e. The maximum absolute atomic E-state index is 12.3. The Labute approximate surface area is 151 Å². The van der Waals surface area contributed by atoms with E-state index in [2.05, 4.69) is 46.9 Å². The molecule has 5 nitrogen and oxygen atoms in total. The molecule has 26 heavy (non-hydrogen) atoms. The second-order valence-corrected chi connectivity index (χ2v) is 7.25. The molecular weight excluding hydrogens is 328 g/mol. The van der Waals surface area contributed by atoms with E-state index >= 15 is 0 Å². The van der Waals surface area contributed by atoms with Crippen LogP contribution in [0.25, 0.3) is 21.8 Å². The summed E-state index contributed by atoms with van der Waals surface area (Å²) in [5.41, 5.74) is 4.19. The normalized spacial score (nSPS) is 24.5. The average Bonchev–Trinajstić information content (AvgIpc) is 3.06. The van der Waals surface area contributed by atoms with Crippen LogP contribution >= 0.6 is 0 Å². The van der Waals surface area contributed by atoms with Crippen molar-refractivity contribution >= 4 is 27.8 Å². The second kappa shape index (κ2) is 5.59. The molecule has 0 unspecified atom stereocenters. The number of nitrogens with zero attached hydrogens (tertiary/aromatic N) is 1. The number of methoxy groups -OCH3 is 1. The fourth-order valence-electron chi connectivity index (χ4n) is 4.57. The van der Waals surface area contributed by atoms with Crippen LogP contribution in [-0.2, 0) is 27.2 Å². The third-order valence-corrected chi connectivity index (χ3v) is 5.97. The fourth-order valence-corrected chi connectivity index (χ4v) is 4.57. The van der Waals surface area contributed by atoms with Gasteiger partial charge in [-0.2, -0.15) is 0 Å². The highest BCUT2D eigenvalue weighted by Crippen LogP contribution is 2.38. The zero-order chi connectivity index (χ0) is 17.8. The maximum atomic E-state index is 12.3. The van der Waals surface area contributed by atoms with Gasteiger partial charge in [-0.1, -0.05) is 18.2 Å². The van der Waals surface area contributed by atoms with Gasteiger partial charge in [0.05, 0.1) is 24.9 Å². The number of benzene rings is 1. The van der Waals surface area contributed by atoms with Gasteiger partial charge in [0.1, 0.15) is 11.6 Å². The zero-order valence-electron chi connectivity index (χ0n) is 14.9. The lowest BCUT2D eigenvalue weighted by atomic mass is 9.76. The topological polar surface area (TPSA) is 55.2 Å². The smallest absolute Gasteiger partial charge is 0.337 e. The van der Waals surface area contributed by atoms with Crippen molar-refractivity contribution in [1.29, 1.82) is 0 Å². The highest BCUT2D eigenvalue weighted by Gasteiger charge is 2.45. The summed E-state index contributed by atoms with van der Waals surface area (Å²) in [7, 11) is 1.43. The lowest BCUT2D eigenvalue weighted by Crippen LogP contribution is -2.53. The highest BCUT2D eigenvalue weighted by atomic mass is 16.5.